The quantitative estimate of drug-likeness (QED) is 0.673. The van der Waals surface area contributed by atoms with Gasteiger partial charge in [-0.2, -0.15) is 0 Å². The lowest BCUT2D eigenvalue weighted by Gasteiger charge is -2.14. The van der Waals surface area contributed by atoms with Crippen LogP contribution in [0, 0.1) is 0 Å². The summed E-state index contributed by atoms with van der Waals surface area (Å²) >= 11 is 1.71. The Morgan fingerprint density at radius 2 is 1.83 bits per heavy atom. The molecular formula is C20H17NO2S. The number of ether oxygens (including phenoxy) is 1. The predicted octanol–water partition coefficient (Wildman–Crippen LogP) is 4.98. The molecule has 4 rings (SSSR count). The molecule has 0 saturated carbocycles. The van der Waals surface area contributed by atoms with Crippen molar-refractivity contribution < 1.29 is 9.53 Å². The SMILES string of the molecule is CCN1C(=O)c2ccc(Sc3ccc(OC)cc3)c3cccc1c23. The van der Waals surface area contributed by atoms with E-state index in [-0.39, 0.29) is 5.91 Å². The summed E-state index contributed by atoms with van der Waals surface area (Å²) in [6, 6.07) is 18.2. The summed E-state index contributed by atoms with van der Waals surface area (Å²) in [7, 11) is 1.67. The summed E-state index contributed by atoms with van der Waals surface area (Å²) in [4.78, 5) is 16.7. The highest BCUT2D eigenvalue weighted by atomic mass is 32.2. The molecule has 1 amide bonds. The maximum absolute atomic E-state index is 12.6. The smallest absolute Gasteiger partial charge is 0.258 e. The molecule has 0 N–H and O–H groups in total. The van der Waals surface area contributed by atoms with Crippen molar-refractivity contribution in [3.8, 4) is 5.75 Å². The van der Waals surface area contributed by atoms with Crippen LogP contribution in [0.25, 0.3) is 10.8 Å². The third kappa shape index (κ3) is 2.26. The van der Waals surface area contributed by atoms with Crippen molar-refractivity contribution in [2.75, 3.05) is 18.6 Å². The molecule has 0 aromatic heterocycles. The summed E-state index contributed by atoms with van der Waals surface area (Å²) in [6.07, 6.45) is 0. The Hall–Kier alpha value is -2.46. The molecule has 0 saturated heterocycles. The molecule has 1 aliphatic heterocycles. The normalized spacial score (nSPS) is 12.9. The lowest BCUT2D eigenvalue weighted by molar-refractivity contribution is 0.0994. The van der Waals surface area contributed by atoms with Gasteiger partial charge in [-0.05, 0) is 54.8 Å². The standard InChI is InChI=1S/C20H17NO2S/c1-3-21-17-6-4-5-15-18(12-11-16(19(15)17)20(21)22)24-14-9-7-13(23-2)8-10-14/h4-12H,3H2,1-2H3. The Bertz CT molecular complexity index is 934. The van der Waals surface area contributed by atoms with E-state index in [0.717, 1.165) is 37.6 Å². The first kappa shape index (κ1) is 15.1. The molecule has 120 valence electrons. The molecule has 24 heavy (non-hydrogen) atoms. The number of carbonyl (C=O) groups is 1. The zero-order valence-electron chi connectivity index (χ0n) is 13.6. The predicted molar refractivity (Wildman–Crippen MR) is 98.4 cm³/mol. The molecule has 1 heterocycles. The Labute approximate surface area is 145 Å². The molecule has 0 atom stereocenters. The second kappa shape index (κ2) is 5.87. The summed E-state index contributed by atoms with van der Waals surface area (Å²) in [5.74, 6) is 0.952. The van der Waals surface area contributed by atoms with Crippen molar-refractivity contribution in [2.24, 2.45) is 0 Å². The number of benzene rings is 3. The number of amides is 1. The molecule has 3 aromatic carbocycles. The first-order valence-electron chi connectivity index (χ1n) is 7.92. The van der Waals surface area contributed by atoms with Crippen LogP contribution in [-0.4, -0.2) is 19.6 Å². The van der Waals surface area contributed by atoms with Crippen molar-refractivity contribution in [3.05, 3.63) is 60.2 Å². The molecule has 0 fully saturated rings. The Morgan fingerprint density at radius 3 is 2.54 bits per heavy atom. The fourth-order valence-corrected chi connectivity index (χ4v) is 4.13. The van der Waals surface area contributed by atoms with Crippen LogP contribution in [0.4, 0.5) is 5.69 Å². The summed E-state index contributed by atoms with van der Waals surface area (Å²) in [6.45, 7) is 2.70. The van der Waals surface area contributed by atoms with E-state index in [9.17, 15) is 4.79 Å². The van der Waals surface area contributed by atoms with Crippen molar-refractivity contribution in [1.29, 1.82) is 0 Å². The zero-order valence-corrected chi connectivity index (χ0v) is 14.4. The van der Waals surface area contributed by atoms with Crippen LogP contribution in [0.3, 0.4) is 0 Å². The second-order valence-corrected chi connectivity index (χ2v) is 6.75. The number of methoxy groups -OCH3 is 1. The van der Waals surface area contributed by atoms with E-state index in [4.69, 9.17) is 4.74 Å². The maximum atomic E-state index is 12.6. The maximum Gasteiger partial charge on any atom is 0.258 e. The van der Waals surface area contributed by atoms with Crippen molar-refractivity contribution >= 4 is 34.1 Å². The van der Waals surface area contributed by atoms with Gasteiger partial charge in [-0.1, -0.05) is 23.9 Å². The third-order valence-electron chi connectivity index (χ3n) is 4.35. The lowest BCUT2D eigenvalue weighted by Crippen LogP contribution is -2.25. The van der Waals surface area contributed by atoms with Crippen LogP contribution in [0.1, 0.15) is 17.3 Å². The highest BCUT2D eigenvalue weighted by Crippen LogP contribution is 2.42. The minimum Gasteiger partial charge on any atom is -0.497 e. The van der Waals surface area contributed by atoms with Gasteiger partial charge in [0.05, 0.1) is 12.8 Å². The minimum atomic E-state index is 0.102. The number of carbonyl (C=O) groups excluding carboxylic acids is 1. The van der Waals surface area contributed by atoms with Crippen LogP contribution >= 0.6 is 11.8 Å². The number of hydrogen-bond donors (Lipinski definition) is 0. The van der Waals surface area contributed by atoms with Gasteiger partial charge in [0.25, 0.3) is 5.91 Å². The Kier molecular flexibility index (Phi) is 3.69. The first-order valence-corrected chi connectivity index (χ1v) is 8.74. The third-order valence-corrected chi connectivity index (χ3v) is 5.43. The molecule has 0 unspecified atom stereocenters. The van der Waals surface area contributed by atoms with E-state index in [1.807, 2.05) is 48.2 Å². The van der Waals surface area contributed by atoms with Gasteiger partial charge in [-0.25, -0.2) is 0 Å². The lowest BCUT2D eigenvalue weighted by atomic mass is 10.1. The van der Waals surface area contributed by atoms with E-state index in [1.165, 1.54) is 0 Å². The largest absolute Gasteiger partial charge is 0.497 e. The van der Waals surface area contributed by atoms with Crippen LogP contribution < -0.4 is 9.64 Å². The highest BCUT2D eigenvalue weighted by Gasteiger charge is 2.29. The van der Waals surface area contributed by atoms with E-state index < -0.39 is 0 Å². The van der Waals surface area contributed by atoms with Gasteiger partial charge >= 0.3 is 0 Å². The molecule has 3 aromatic rings. The first-order chi connectivity index (χ1) is 11.7. The van der Waals surface area contributed by atoms with Gasteiger partial charge in [0.2, 0.25) is 0 Å². The van der Waals surface area contributed by atoms with Crippen molar-refractivity contribution in [3.63, 3.8) is 0 Å². The van der Waals surface area contributed by atoms with E-state index in [0.29, 0.717) is 6.54 Å². The van der Waals surface area contributed by atoms with Gasteiger partial charge in [-0.3, -0.25) is 4.79 Å². The number of hydrogen-bond acceptors (Lipinski definition) is 3. The molecule has 0 spiro atoms. The summed E-state index contributed by atoms with van der Waals surface area (Å²) in [5.41, 5.74) is 1.83. The average molecular weight is 335 g/mol. The molecule has 1 aliphatic rings. The van der Waals surface area contributed by atoms with Gasteiger partial charge in [-0.15, -0.1) is 0 Å². The fourth-order valence-electron chi connectivity index (χ4n) is 3.19. The monoisotopic (exact) mass is 335 g/mol. The summed E-state index contributed by atoms with van der Waals surface area (Å²) in [5, 5.41) is 2.21. The van der Waals surface area contributed by atoms with E-state index >= 15 is 0 Å². The number of nitrogens with zero attached hydrogens (tertiary/aromatic N) is 1. The fraction of sp³-hybridized carbons (Fsp3) is 0.150. The number of rotatable bonds is 4. The molecule has 0 bridgehead atoms. The van der Waals surface area contributed by atoms with Gasteiger partial charge in [0.1, 0.15) is 5.75 Å². The van der Waals surface area contributed by atoms with Gasteiger partial charge < -0.3 is 9.64 Å². The minimum absolute atomic E-state index is 0.102. The van der Waals surface area contributed by atoms with Crippen LogP contribution in [0.15, 0.2) is 64.4 Å². The van der Waals surface area contributed by atoms with Crippen LogP contribution in [-0.2, 0) is 0 Å². The number of anilines is 1. The van der Waals surface area contributed by atoms with Crippen molar-refractivity contribution in [2.45, 2.75) is 16.7 Å². The molecule has 3 nitrogen and oxygen atoms in total. The van der Waals surface area contributed by atoms with Crippen LogP contribution in [0.5, 0.6) is 5.75 Å². The average Bonchev–Trinajstić information content (AvgIpc) is 2.90. The molecular weight excluding hydrogens is 318 g/mol. The van der Waals surface area contributed by atoms with Crippen molar-refractivity contribution in [1.82, 2.24) is 0 Å². The highest BCUT2D eigenvalue weighted by molar-refractivity contribution is 7.99. The Morgan fingerprint density at radius 1 is 1.04 bits per heavy atom. The van der Waals surface area contributed by atoms with E-state index in [1.54, 1.807) is 18.9 Å². The van der Waals surface area contributed by atoms with Gasteiger partial charge in [0.15, 0.2) is 0 Å². The summed E-state index contributed by atoms with van der Waals surface area (Å²) < 4.78 is 5.21. The topological polar surface area (TPSA) is 29.5 Å². The van der Waals surface area contributed by atoms with Gasteiger partial charge in [0, 0.05) is 27.3 Å². The zero-order chi connectivity index (χ0) is 16.7. The van der Waals surface area contributed by atoms with E-state index in [2.05, 4.69) is 18.2 Å². The molecule has 0 aliphatic carbocycles. The second-order valence-electron chi connectivity index (χ2n) is 5.64. The molecule has 4 heteroatoms. The van der Waals surface area contributed by atoms with Crippen LogP contribution in [0.2, 0.25) is 0 Å². The molecule has 0 radical (unpaired) electrons. The Balaban J connectivity index is 1.81.